The van der Waals surface area contributed by atoms with Crippen LogP contribution in [0.5, 0.6) is 5.75 Å². The molecule has 0 aliphatic heterocycles. The van der Waals surface area contributed by atoms with Crippen LogP contribution in [-0.4, -0.2) is 11.7 Å². The first-order valence-electron chi connectivity index (χ1n) is 3.98. The predicted octanol–water partition coefficient (Wildman–Crippen LogP) is 2.41. The lowest BCUT2D eigenvalue weighted by molar-refractivity contribution is 0.316. The second kappa shape index (κ2) is 4.44. The van der Waals surface area contributed by atoms with Gasteiger partial charge in [-0.3, -0.25) is 0 Å². The number of benzene rings is 1. The van der Waals surface area contributed by atoms with Gasteiger partial charge in [-0.2, -0.15) is 0 Å². The van der Waals surface area contributed by atoms with Crippen molar-refractivity contribution in [2.24, 2.45) is 5.73 Å². The van der Waals surface area contributed by atoms with Gasteiger partial charge in [0.2, 0.25) is 0 Å². The van der Waals surface area contributed by atoms with Crippen LogP contribution in [0.25, 0.3) is 0 Å². The number of hydrogen-bond acceptors (Lipinski definition) is 2. The minimum Gasteiger partial charge on any atom is -0.508 e. The highest BCUT2D eigenvalue weighted by Crippen LogP contribution is 2.34. The molecule has 0 fully saturated rings. The molecule has 1 rings (SSSR count). The predicted molar refractivity (Wildman–Crippen MR) is 50.6 cm³/mol. The van der Waals surface area contributed by atoms with Crippen molar-refractivity contribution in [1.29, 1.82) is 0 Å². The minimum absolute atomic E-state index is 0.117. The first kappa shape index (κ1) is 10.3. The van der Waals surface area contributed by atoms with Crippen molar-refractivity contribution in [3.8, 4) is 5.75 Å². The Morgan fingerprint density at radius 1 is 1.54 bits per heavy atom. The SMILES string of the molecule is NCCC(F)c1c(O)cccc1Cl. The fraction of sp³-hybridized carbons (Fsp3) is 0.333. The lowest BCUT2D eigenvalue weighted by atomic mass is 10.1. The van der Waals surface area contributed by atoms with Crippen LogP contribution in [0.3, 0.4) is 0 Å². The summed E-state index contributed by atoms with van der Waals surface area (Å²) in [4.78, 5) is 0. The molecule has 1 aromatic carbocycles. The zero-order valence-electron chi connectivity index (χ0n) is 7.00. The van der Waals surface area contributed by atoms with E-state index in [1.54, 1.807) is 12.1 Å². The third-order valence-corrected chi connectivity index (χ3v) is 2.09. The van der Waals surface area contributed by atoms with Crippen LogP contribution in [0, 0.1) is 0 Å². The molecule has 0 spiro atoms. The highest BCUT2D eigenvalue weighted by molar-refractivity contribution is 6.31. The van der Waals surface area contributed by atoms with E-state index in [9.17, 15) is 9.50 Å². The topological polar surface area (TPSA) is 46.2 Å². The van der Waals surface area contributed by atoms with Gasteiger partial charge in [-0.05, 0) is 25.1 Å². The molecule has 0 bridgehead atoms. The van der Waals surface area contributed by atoms with Gasteiger partial charge in [-0.25, -0.2) is 4.39 Å². The quantitative estimate of drug-likeness (QED) is 0.793. The maximum absolute atomic E-state index is 13.3. The average Bonchev–Trinajstić information content (AvgIpc) is 2.04. The maximum Gasteiger partial charge on any atom is 0.131 e. The van der Waals surface area contributed by atoms with Crippen molar-refractivity contribution < 1.29 is 9.50 Å². The molecule has 1 atom stereocenters. The third kappa shape index (κ3) is 2.32. The van der Waals surface area contributed by atoms with Gasteiger partial charge in [0, 0.05) is 5.56 Å². The molecule has 0 aliphatic rings. The number of rotatable bonds is 3. The van der Waals surface area contributed by atoms with Crippen LogP contribution >= 0.6 is 11.6 Å². The molecule has 0 saturated carbocycles. The molecule has 0 radical (unpaired) electrons. The normalized spacial score (nSPS) is 12.8. The summed E-state index contributed by atoms with van der Waals surface area (Å²) >= 11 is 5.72. The Bertz CT molecular complexity index is 273. The second-order valence-corrected chi connectivity index (χ2v) is 3.12. The van der Waals surface area contributed by atoms with E-state index in [4.69, 9.17) is 17.3 Å². The molecule has 0 heterocycles. The summed E-state index contributed by atoms with van der Waals surface area (Å²) in [6.07, 6.45) is -1.13. The van der Waals surface area contributed by atoms with Crippen molar-refractivity contribution >= 4 is 11.6 Å². The number of alkyl halides is 1. The highest BCUT2D eigenvalue weighted by atomic mass is 35.5. The van der Waals surface area contributed by atoms with Gasteiger partial charge in [0.25, 0.3) is 0 Å². The summed E-state index contributed by atoms with van der Waals surface area (Å²) in [5.41, 5.74) is 5.34. The summed E-state index contributed by atoms with van der Waals surface area (Å²) in [5, 5.41) is 9.56. The lowest BCUT2D eigenvalue weighted by Gasteiger charge is -2.10. The summed E-state index contributed by atoms with van der Waals surface area (Å²) in [6.45, 7) is 0.228. The van der Waals surface area contributed by atoms with Crippen LogP contribution < -0.4 is 5.73 Å². The molecule has 1 aromatic rings. The molecule has 4 heteroatoms. The van der Waals surface area contributed by atoms with Crippen molar-refractivity contribution in [2.75, 3.05) is 6.54 Å². The molecule has 0 amide bonds. The highest BCUT2D eigenvalue weighted by Gasteiger charge is 2.16. The van der Waals surface area contributed by atoms with Gasteiger partial charge in [0.05, 0.1) is 5.02 Å². The lowest BCUT2D eigenvalue weighted by Crippen LogP contribution is -2.04. The van der Waals surface area contributed by atoms with Gasteiger partial charge in [0.15, 0.2) is 0 Å². The van der Waals surface area contributed by atoms with Crippen LogP contribution in [0.2, 0.25) is 5.02 Å². The van der Waals surface area contributed by atoms with E-state index in [1.165, 1.54) is 6.07 Å². The Labute approximate surface area is 81.1 Å². The number of hydrogen-bond donors (Lipinski definition) is 2. The number of halogens is 2. The molecule has 2 nitrogen and oxygen atoms in total. The molecule has 0 aromatic heterocycles. The first-order valence-corrected chi connectivity index (χ1v) is 4.36. The molecule has 3 N–H and O–H groups in total. The van der Waals surface area contributed by atoms with Gasteiger partial charge >= 0.3 is 0 Å². The molecule has 13 heavy (non-hydrogen) atoms. The Hall–Kier alpha value is -0.800. The number of phenolic OH excluding ortho intramolecular Hbond substituents is 1. The maximum atomic E-state index is 13.3. The van der Waals surface area contributed by atoms with Gasteiger partial charge < -0.3 is 10.8 Å². The monoisotopic (exact) mass is 203 g/mol. The molecule has 0 saturated heterocycles. The zero-order valence-corrected chi connectivity index (χ0v) is 7.76. The summed E-state index contributed by atoms with van der Waals surface area (Å²) < 4.78 is 13.3. The smallest absolute Gasteiger partial charge is 0.131 e. The van der Waals surface area contributed by atoms with Crippen LogP contribution in [0.1, 0.15) is 18.2 Å². The van der Waals surface area contributed by atoms with E-state index in [0.29, 0.717) is 0 Å². The second-order valence-electron chi connectivity index (χ2n) is 2.72. The van der Waals surface area contributed by atoms with Crippen molar-refractivity contribution in [3.63, 3.8) is 0 Å². The van der Waals surface area contributed by atoms with Crippen LogP contribution in [0.4, 0.5) is 4.39 Å². The Morgan fingerprint density at radius 3 is 2.77 bits per heavy atom. The minimum atomic E-state index is -1.29. The molecular formula is C9H11ClFNO. The Morgan fingerprint density at radius 2 is 2.23 bits per heavy atom. The fourth-order valence-electron chi connectivity index (χ4n) is 1.13. The van der Waals surface area contributed by atoms with Crippen molar-refractivity contribution in [3.05, 3.63) is 28.8 Å². The van der Waals surface area contributed by atoms with Crippen molar-refractivity contribution in [2.45, 2.75) is 12.6 Å². The van der Waals surface area contributed by atoms with Gasteiger partial charge in [-0.15, -0.1) is 0 Å². The number of aromatic hydroxyl groups is 1. The van der Waals surface area contributed by atoms with E-state index >= 15 is 0 Å². The molecule has 72 valence electrons. The summed E-state index contributed by atoms with van der Waals surface area (Å²) in [5.74, 6) is -0.117. The van der Waals surface area contributed by atoms with E-state index < -0.39 is 6.17 Å². The largest absolute Gasteiger partial charge is 0.508 e. The fourth-order valence-corrected chi connectivity index (χ4v) is 1.41. The van der Waals surface area contributed by atoms with E-state index in [-0.39, 0.29) is 29.3 Å². The van der Waals surface area contributed by atoms with Gasteiger partial charge in [-0.1, -0.05) is 17.7 Å². The molecule has 0 aliphatic carbocycles. The standard InChI is InChI=1S/C9H11ClFNO/c10-6-2-1-3-8(13)9(6)7(11)4-5-12/h1-3,7,13H,4-5,12H2. The zero-order chi connectivity index (χ0) is 9.84. The molecular weight excluding hydrogens is 193 g/mol. The van der Waals surface area contributed by atoms with E-state index in [2.05, 4.69) is 0 Å². The summed E-state index contributed by atoms with van der Waals surface area (Å²) in [7, 11) is 0. The van der Waals surface area contributed by atoms with E-state index in [1.807, 2.05) is 0 Å². The third-order valence-electron chi connectivity index (χ3n) is 1.76. The van der Waals surface area contributed by atoms with Crippen molar-refractivity contribution in [1.82, 2.24) is 0 Å². The summed E-state index contributed by atoms with van der Waals surface area (Å²) in [6, 6.07) is 4.51. The average molecular weight is 204 g/mol. The first-order chi connectivity index (χ1) is 6.16. The number of nitrogens with two attached hydrogens (primary N) is 1. The van der Waals surface area contributed by atoms with Gasteiger partial charge in [0.1, 0.15) is 11.9 Å². The van der Waals surface area contributed by atoms with Crippen LogP contribution in [-0.2, 0) is 0 Å². The molecule has 1 unspecified atom stereocenters. The number of phenols is 1. The van der Waals surface area contributed by atoms with Crippen LogP contribution in [0.15, 0.2) is 18.2 Å². The Kier molecular flexibility index (Phi) is 3.51. The Balaban J connectivity index is 2.98. The van der Waals surface area contributed by atoms with E-state index in [0.717, 1.165) is 0 Å².